The van der Waals surface area contributed by atoms with Gasteiger partial charge in [-0.15, -0.1) is 0 Å². The van der Waals surface area contributed by atoms with E-state index in [4.69, 9.17) is 15.2 Å². The van der Waals surface area contributed by atoms with E-state index in [-0.39, 0.29) is 13.0 Å². The molecular formula is C14H19NO4. The Bertz CT molecular complexity index is 445. The minimum absolute atomic E-state index is 0.244. The molecule has 0 aliphatic carbocycles. The fourth-order valence-corrected chi connectivity index (χ4v) is 1.68. The highest BCUT2D eigenvalue weighted by Crippen LogP contribution is 2.12. The van der Waals surface area contributed by atoms with Gasteiger partial charge in [0.15, 0.2) is 0 Å². The van der Waals surface area contributed by atoms with Gasteiger partial charge in [0, 0.05) is 0 Å². The normalized spacial score (nSPS) is 11.7. The van der Waals surface area contributed by atoms with E-state index in [1.54, 1.807) is 38.1 Å². The Morgan fingerprint density at radius 3 is 2.42 bits per heavy atom. The number of esters is 2. The summed E-state index contributed by atoms with van der Waals surface area (Å²) in [5.41, 5.74) is 6.87. The first-order valence-electron chi connectivity index (χ1n) is 6.27. The molecule has 104 valence electrons. The third kappa shape index (κ3) is 4.37. The van der Waals surface area contributed by atoms with Crippen molar-refractivity contribution < 1.29 is 19.1 Å². The van der Waals surface area contributed by atoms with Gasteiger partial charge in [-0.05, 0) is 31.9 Å². The maximum absolute atomic E-state index is 11.8. The molecule has 5 heteroatoms. The van der Waals surface area contributed by atoms with Crippen LogP contribution in [-0.4, -0.2) is 31.2 Å². The van der Waals surface area contributed by atoms with Crippen molar-refractivity contribution in [3.8, 4) is 0 Å². The summed E-state index contributed by atoms with van der Waals surface area (Å²) in [6.45, 7) is 4.05. The highest BCUT2D eigenvalue weighted by Gasteiger charge is 2.19. The third-order valence-corrected chi connectivity index (χ3v) is 2.54. The summed E-state index contributed by atoms with van der Waals surface area (Å²) >= 11 is 0. The van der Waals surface area contributed by atoms with Gasteiger partial charge < -0.3 is 15.2 Å². The van der Waals surface area contributed by atoms with Crippen LogP contribution in [0.25, 0.3) is 0 Å². The molecule has 1 atom stereocenters. The predicted octanol–water partition coefficient (Wildman–Crippen LogP) is 1.30. The number of hydrogen-bond acceptors (Lipinski definition) is 5. The van der Waals surface area contributed by atoms with Crippen LogP contribution in [0.3, 0.4) is 0 Å². The Balaban J connectivity index is 2.83. The Kier molecular flexibility index (Phi) is 6.02. The number of ether oxygens (including phenoxy) is 2. The summed E-state index contributed by atoms with van der Waals surface area (Å²) in [5, 5.41) is 0. The van der Waals surface area contributed by atoms with Gasteiger partial charge in [0.2, 0.25) is 0 Å². The molecule has 5 nitrogen and oxygen atoms in total. The molecule has 1 unspecified atom stereocenters. The van der Waals surface area contributed by atoms with Crippen molar-refractivity contribution in [1.29, 1.82) is 0 Å². The van der Waals surface area contributed by atoms with Gasteiger partial charge in [0.25, 0.3) is 0 Å². The molecule has 0 fully saturated rings. The van der Waals surface area contributed by atoms with Crippen LogP contribution in [0.1, 0.15) is 29.8 Å². The number of benzene rings is 1. The molecule has 0 saturated heterocycles. The topological polar surface area (TPSA) is 78.6 Å². The summed E-state index contributed by atoms with van der Waals surface area (Å²) in [5.74, 6) is -0.879. The molecule has 19 heavy (non-hydrogen) atoms. The summed E-state index contributed by atoms with van der Waals surface area (Å²) in [4.78, 5) is 23.3. The molecule has 0 saturated carbocycles. The van der Waals surface area contributed by atoms with Crippen LogP contribution in [0.2, 0.25) is 0 Å². The summed E-state index contributed by atoms with van der Waals surface area (Å²) in [6, 6.07) is 6.16. The van der Waals surface area contributed by atoms with Crippen molar-refractivity contribution in [2.75, 3.05) is 13.2 Å². The second-order valence-electron chi connectivity index (χ2n) is 3.94. The first-order chi connectivity index (χ1) is 9.10. The van der Waals surface area contributed by atoms with Crippen LogP contribution < -0.4 is 5.73 Å². The predicted molar refractivity (Wildman–Crippen MR) is 70.7 cm³/mol. The molecule has 0 aliphatic rings. The number of hydrogen-bond donors (Lipinski definition) is 1. The van der Waals surface area contributed by atoms with Crippen LogP contribution in [0.15, 0.2) is 24.3 Å². The van der Waals surface area contributed by atoms with Crippen molar-refractivity contribution in [1.82, 2.24) is 0 Å². The van der Waals surface area contributed by atoms with E-state index < -0.39 is 18.0 Å². The second-order valence-corrected chi connectivity index (χ2v) is 3.94. The fourth-order valence-electron chi connectivity index (χ4n) is 1.68. The standard InChI is InChI=1S/C14H19NO4/c1-3-18-13(16)11-8-6-5-7-10(11)9-12(15)14(17)19-4-2/h5-8,12H,3-4,9,15H2,1-2H3. The number of nitrogens with two attached hydrogens (primary N) is 1. The number of carbonyl (C=O) groups excluding carboxylic acids is 2. The Hall–Kier alpha value is -1.88. The van der Waals surface area contributed by atoms with Crippen LogP contribution in [0.4, 0.5) is 0 Å². The molecule has 0 radical (unpaired) electrons. The summed E-state index contributed by atoms with van der Waals surface area (Å²) in [7, 11) is 0. The van der Waals surface area contributed by atoms with E-state index in [2.05, 4.69) is 0 Å². The highest BCUT2D eigenvalue weighted by molar-refractivity contribution is 5.91. The Labute approximate surface area is 112 Å². The minimum Gasteiger partial charge on any atom is -0.465 e. The molecule has 0 bridgehead atoms. The van der Waals surface area contributed by atoms with Gasteiger partial charge >= 0.3 is 11.9 Å². The van der Waals surface area contributed by atoms with Crippen molar-refractivity contribution in [3.05, 3.63) is 35.4 Å². The number of rotatable bonds is 6. The monoisotopic (exact) mass is 265 g/mol. The third-order valence-electron chi connectivity index (χ3n) is 2.54. The second kappa shape index (κ2) is 7.53. The maximum atomic E-state index is 11.8. The quantitative estimate of drug-likeness (QED) is 0.784. The van der Waals surface area contributed by atoms with Crippen molar-refractivity contribution in [2.45, 2.75) is 26.3 Å². The molecule has 0 spiro atoms. The highest BCUT2D eigenvalue weighted by atomic mass is 16.5. The molecule has 1 aromatic rings. The lowest BCUT2D eigenvalue weighted by atomic mass is 10.0. The van der Waals surface area contributed by atoms with Gasteiger partial charge in [-0.2, -0.15) is 0 Å². The smallest absolute Gasteiger partial charge is 0.338 e. The molecule has 0 aliphatic heterocycles. The van der Waals surface area contributed by atoms with Gasteiger partial charge in [-0.3, -0.25) is 4.79 Å². The van der Waals surface area contributed by atoms with Gasteiger partial charge in [0.1, 0.15) is 6.04 Å². The van der Waals surface area contributed by atoms with E-state index in [1.165, 1.54) is 0 Å². The van der Waals surface area contributed by atoms with Gasteiger partial charge in [0.05, 0.1) is 18.8 Å². The summed E-state index contributed by atoms with van der Waals surface area (Å²) < 4.78 is 9.81. The average Bonchev–Trinajstić information content (AvgIpc) is 2.39. The van der Waals surface area contributed by atoms with Crippen molar-refractivity contribution in [2.24, 2.45) is 5.73 Å². The molecule has 2 N–H and O–H groups in total. The van der Waals surface area contributed by atoms with Crippen LogP contribution in [0.5, 0.6) is 0 Å². The molecule has 0 aromatic heterocycles. The minimum atomic E-state index is -0.782. The van der Waals surface area contributed by atoms with Crippen LogP contribution in [-0.2, 0) is 20.7 Å². The van der Waals surface area contributed by atoms with E-state index >= 15 is 0 Å². The van der Waals surface area contributed by atoms with Crippen molar-refractivity contribution >= 4 is 11.9 Å². The zero-order valence-corrected chi connectivity index (χ0v) is 11.2. The molecular weight excluding hydrogens is 246 g/mol. The Morgan fingerprint density at radius 2 is 1.79 bits per heavy atom. The van der Waals surface area contributed by atoms with Gasteiger partial charge in [-0.25, -0.2) is 4.79 Å². The van der Waals surface area contributed by atoms with E-state index in [1.807, 2.05) is 0 Å². The van der Waals surface area contributed by atoms with Gasteiger partial charge in [-0.1, -0.05) is 18.2 Å². The lowest BCUT2D eigenvalue weighted by Crippen LogP contribution is -2.34. The van der Waals surface area contributed by atoms with Crippen molar-refractivity contribution in [3.63, 3.8) is 0 Å². The van der Waals surface area contributed by atoms with Crippen LogP contribution in [0, 0.1) is 0 Å². The lowest BCUT2D eigenvalue weighted by Gasteiger charge is -2.13. The SMILES string of the molecule is CCOC(=O)c1ccccc1CC(N)C(=O)OCC. The first kappa shape index (κ1) is 15.2. The molecule has 1 aromatic carbocycles. The fraction of sp³-hybridized carbons (Fsp3) is 0.429. The lowest BCUT2D eigenvalue weighted by molar-refractivity contribution is -0.144. The van der Waals surface area contributed by atoms with E-state index in [9.17, 15) is 9.59 Å². The first-order valence-corrected chi connectivity index (χ1v) is 6.27. The van der Waals surface area contributed by atoms with E-state index in [0.29, 0.717) is 17.7 Å². The largest absolute Gasteiger partial charge is 0.465 e. The average molecular weight is 265 g/mol. The zero-order chi connectivity index (χ0) is 14.3. The maximum Gasteiger partial charge on any atom is 0.338 e. The zero-order valence-electron chi connectivity index (χ0n) is 11.2. The Morgan fingerprint density at radius 1 is 1.16 bits per heavy atom. The van der Waals surface area contributed by atoms with Crippen LogP contribution >= 0.6 is 0 Å². The molecule has 0 heterocycles. The van der Waals surface area contributed by atoms with E-state index in [0.717, 1.165) is 0 Å². The molecule has 0 amide bonds. The molecule has 1 rings (SSSR count). The summed E-state index contributed by atoms with van der Waals surface area (Å²) in [6.07, 6.45) is 0.244. The number of carbonyl (C=O) groups is 2.